The zero-order valence-electron chi connectivity index (χ0n) is 12.3. The van der Waals surface area contributed by atoms with Gasteiger partial charge in [-0.05, 0) is 38.0 Å². The van der Waals surface area contributed by atoms with Crippen LogP contribution in [-0.4, -0.2) is 21.4 Å². The van der Waals surface area contributed by atoms with Crippen molar-refractivity contribution in [3.8, 4) is 5.75 Å². The van der Waals surface area contributed by atoms with Crippen LogP contribution in [0.4, 0.5) is 0 Å². The highest BCUT2D eigenvalue weighted by Gasteiger charge is 2.16. The van der Waals surface area contributed by atoms with Gasteiger partial charge < -0.3 is 10.5 Å². The largest absolute Gasteiger partial charge is 0.492 e. The van der Waals surface area contributed by atoms with Crippen molar-refractivity contribution in [2.45, 2.75) is 39.8 Å². The third-order valence-corrected chi connectivity index (χ3v) is 3.25. The molecule has 1 unspecified atom stereocenters. The van der Waals surface area contributed by atoms with Crippen molar-refractivity contribution in [2.24, 2.45) is 5.73 Å². The van der Waals surface area contributed by atoms with Crippen LogP contribution in [-0.2, 0) is 13.0 Å². The first-order valence-electron chi connectivity index (χ1n) is 7.09. The number of ether oxygens (including phenoxy) is 1. The molecule has 2 aromatic rings. The van der Waals surface area contributed by atoms with E-state index < -0.39 is 0 Å². The van der Waals surface area contributed by atoms with Crippen molar-refractivity contribution in [3.05, 3.63) is 41.5 Å². The Morgan fingerprint density at radius 2 is 2.05 bits per heavy atom. The van der Waals surface area contributed by atoms with Crippen molar-refractivity contribution in [3.63, 3.8) is 0 Å². The highest BCUT2D eigenvalue weighted by Crippen LogP contribution is 2.23. The van der Waals surface area contributed by atoms with Gasteiger partial charge in [-0.2, -0.15) is 5.10 Å². The number of aryl methyl sites for hydroxylation is 2. The SMILES string of the molecule is CCOc1cncc(C(N)c2cc(CC)nn2CC)c1. The Bertz CT molecular complexity index is 565. The quantitative estimate of drug-likeness (QED) is 0.877. The van der Waals surface area contributed by atoms with Gasteiger partial charge in [-0.1, -0.05) is 6.92 Å². The molecule has 0 amide bonds. The lowest BCUT2D eigenvalue weighted by Gasteiger charge is -2.14. The molecule has 0 aliphatic rings. The van der Waals surface area contributed by atoms with Gasteiger partial charge in [-0.15, -0.1) is 0 Å². The maximum Gasteiger partial charge on any atom is 0.137 e. The summed E-state index contributed by atoms with van der Waals surface area (Å²) in [5.74, 6) is 0.749. The number of nitrogens with two attached hydrogens (primary N) is 1. The van der Waals surface area contributed by atoms with Crippen molar-refractivity contribution in [2.75, 3.05) is 6.61 Å². The lowest BCUT2D eigenvalue weighted by atomic mass is 10.1. The van der Waals surface area contributed by atoms with E-state index in [1.165, 1.54) is 0 Å². The van der Waals surface area contributed by atoms with Crippen LogP contribution >= 0.6 is 0 Å². The molecule has 0 saturated carbocycles. The monoisotopic (exact) mass is 274 g/mol. The summed E-state index contributed by atoms with van der Waals surface area (Å²) < 4.78 is 7.43. The number of rotatable bonds is 6. The Kier molecular flexibility index (Phi) is 4.74. The molecular formula is C15H22N4O. The first kappa shape index (κ1) is 14.5. The standard InChI is InChI=1S/C15H22N4O/c1-4-12-8-14(19(5-2)18-12)15(16)11-7-13(20-6-3)10-17-9-11/h7-10,15H,4-6,16H2,1-3H3. The maximum atomic E-state index is 6.37. The summed E-state index contributed by atoms with van der Waals surface area (Å²) in [6.07, 6.45) is 4.39. The molecule has 0 aliphatic heterocycles. The van der Waals surface area contributed by atoms with Crippen LogP contribution < -0.4 is 10.5 Å². The number of hydrogen-bond acceptors (Lipinski definition) is 4. The highest BCUT2D eigenvalue weighted by molar-refractivity contribution is 5.31. The second kappa shape index (κ2) is 6.52. The summed E-state index contributed by atoms with van der Waals surface area (Å²) in [5, 5.41) is 4.54. The molecule has 2 heterocycles. The molecule has 0 spiro atoms. The van der Waals surface area contributed by atoms with Crippen molar-refractivity contribution < 1.29 is 4.74 Å². The van der Waals surface area contributed by atoms with Gasteiger partial charge in [0.1, 0.15) is 5.75 Å². The summed E-state index contributed by atoms with van der Waals surface area (Å²) in [6, 6.07) is 3.78. The lowest BCUT2D eigenvalue weighted by molar-refractivity contribution is 0.338. The van der Waals surface area contributed by atoms with Gasteiger partial charge in [0.2, 0.25) is 0 Å². The summed E-state index contributed by atoms with van der Waals surface area (Å²) in [6.45, 7) is 7.54. The maximum absolute atomic E-state index is 6.37. The van der Waals surface area contributed by atoms with Gasteiger partial charge in [-0.3, -0.25) is 9.67 Å². The van der Waals surface area contributed by atoms with E-state index in [0.717, 1.165) is 35.7 Å². The predicted molar refractivity (Wildman–Crippen MR) is 78.7 cm³/mol. The first-order chi connectivity index (χ1) is 9.69. The van der Waals surface area contributed by atoms with Crippen molar-refractivity contribution in [1.29, 1.82) is 0 Å². The van der Waals surface area contributed by atoms with E-state index in [4.69, 9.17) is 10.5 Å². The van der Waals surface area contributed by atoms with E-state index in [1.807, 2.05) is 17.7 Å². The number of hydrogen-bond donors (Lipinski definition) is 1. The molecule has 0 saturated heterocycles. The number of pyridine rings is 1. The second-order valence-corrected chi connectivity index (χ2v) is 4.59. The van der Waals surface area contributed by atoms with E-state index in [9.17, 15) is 0 Å². The van der Waals surface area contributed by atoms with E-state index in [2.05, 4.69) is 30.0 Å². The highest BCUT2D eigenvalue weighted by atomic mass is 16.5. The molecule has 0 aromatic carbocycles. The lowest BCUT2D eigenvalue weighted by Crippen LogP contribution is -2.17. The minimum Gasteiger partial charge on any atom is -0.492 e. The predicted octanol–water partition coefficient (Wildman–Crippen LogP) is 2.31. The summed E-state index contributed by atoms with van der Waals surface area (Å²) in [5.41, 5.74) is 9.38. The van der Waals surface area contributed by atoms with Crippen LogP contribution in [0.5, 0.6) is 5.75 Å². The van der Waals surface area contributed by atoms with Crippen molar-refractivity contribution in [1.82, 2.24) is 14.8 Å². The summed E-state index contributed by atoms with van der Waals surface area (Å²) >= 11 is 0. The Morgan fingerprint density at radius 1 is 1.25 bits per heavy atom. The smallest absolute Gasteiger partial charge is 0.137 e. The number of aromatic nitrogens is 3. The molecule has 5 nitrogen and oxygen atoms in total. The molecule has 20 heavy (non-hydrogen) atoms. The average Bonchev–Trinajstić information content (AvgIpc) is 2.90. The number of nitrogens with zero attached hydrogens (tertiary/aromatic N) is 3. The van der Waals surface area contributed by atoms with Crippen LogP contribution in [0, 0.1) is 0 Å². The minimum atomic E-state index is -0.240. The van der Waals surface area contributed by atoms with Crippen molar-refractivity contribution >= 4 is 0 Å². The Hall–Kier alpha value is -1.88. The Labute approximate surface area is 119 Å². The van der Waals surface area contributed by atoms with Gasteiger partial charge in [-0.25, -0.2) is 0 Å². The molecule has 1 atom stereocenters. The van der Waals surface area contributed by atoms with E-state index in [-0.39, 0.29) is 6.04 Å². The summed E-state index contributed by atoms with van der Waals surface area (Å²) in [7, 11) is 0. The Balaban J connectivity index is 2.32. The normalized spacial score (nSPS) is 12.4. The van der Waals surface area contributed by atoms with Gasteiger partial charge in [0.15, 0.2) is 0 Å². The van der Waals surface area contributed by atoms with Crippen LogP contribution in [0.3, 0.4) is 0 Å². The van der Waals surface area contributed by atoms with Crippen LogP contribution in [0.1, 0.15) is 43.8 Å². The average molecular weight is 274 g/mol. The van der Waals surface area contributed by atoms with Crippen LogP contribution in [0.15, 0.2) is 24.5 Å². The Morgan fingerprint density at radius 3 is 2.70 bits per heavy atom. The molecule has 108 valence electrons. The molecule has 0 fully saturated rings. The topological polar surface area (TPSA) is 66.0 Å². The first-order valence-corrected chi connectivity index (χ1v) is 7.09. The molecular weight excluding hydrogens is 252 g/mol. The molecule has 2 aromatic heterocycles. The van der Waals surface area contributed by atoms with E-state index in [0.29, 0.717) is 6.61 Å². The fraction of sp³-hybridized carbons (Fsp3) is 0.467. The molecule has 0 radical (unpaired) electrons. The zero-order valence-corrected chi connectivity index (χ0v) is 12.3. The molecule has 0 bridgehead atoms. The molecule has 0 aliphatic carbocycles. The van der Waals surface area contributed by atoms with Gasteiger partial charge in [0.05, 0.1) is 30.2 Å². The molecule has 5 heteroatoms. The van der Waals surface area contributed by atoms with Gasteiger partial charge in [0.25, 0.3) is 0 Å². The third-order valence-electron chi connectivity index (χ3n) is 3.25. The van der Waals surface area contributed by atoms with E-state index in [1.54, 1.807) is 12.4 Å². The van der Waals surface area contributed by atoms with Gasteiger partial charge >= 0.3 is 0 Å². The molecule has 2 rings (SSSR count). The summed E-state index contributed by atoms with van der Waals surface area (Å²) in [4.78, 5) is 4.20. The third kappa shape index (κ3) is 2.99. The fourth-order valence-electron chi connectivity index (χ4n) is 2.19. The molecule has 2 N–H and O–H groups in total. The van der Waals surface area contributed by atoms with Crippen LogP contribution in [0.2, 0.25) is 0 Å². The second-order valence-electron chi connectivity index (χ2n) is 4.59. The van der Waals surface area contributed by atoms with Gasteiger partial charge in [0, 0.05) is 12.7 Å². The van der Waals surface area contributed by atoms with Crippen LogP contribution in [0.25, 0.3) is 0 Å². The fourth-order valence-corrected chi connectivity index (χ4v) is 2.19. The minimum absolute atomic E-state index is 0.240. The zero-order chi connectivity index (χ0) is 14.5. The van der Waals surface area contributed by atoms with E-state index >= 15 is 0 Å².